The Hall–Kier alpha value is -3.03. The highest BCUT2D eigenvalue weighted by atomic mass is 19.1. The minimum absolute atomic E-state index is 0.115. The van der Waals surface area contributed by atoms with Crippen molar-refractivity contribution in [2.75, 3.05) is 7.05 Å². The molecule has 3 N–H and O–H groups in total. The fraction of sp³-hybridized carbons (Fsp3) is 0.200. The molecule has 0 saturated heterocycles. The van der Waals surface area contributed by atoms with E-state index in [-0.39, 0.29) is 29.3 Å². The molecule has 23 heavy (non-hydrogen) atoms. The van der Waals surface area contributed by atoms with E-state index in [0.29, 0.717) is 16.8 Å². The number of aliphatic imine (C=N–C) groups is 1. The molecule has 0 bridgehead atoms. The van der Waals surface area contributed by atoms with E-state index in [4.69, 9.17) is 5.73 Å². The summed E-state index contributed by atoms with van der Waals surface area (Å²) in [6, 6.07) is 0. The van der Waals surface area contributed by atoms with Crippen LogP contribution in [0.3, 0.4) is 0 Å². The monoisotopic (exact) mass is 314 g/mol. The van der Waals surface area contributed by atoms with Gasteiger partial charge in [0.25, 0.3) is 5.91 Å². The van der Waals surface area contributed by atoms with Crippen LogP contribution in [0.5, 0.6) is 0 Å². The number of aromatic nitrogens is 3. The summed E-state index contributed by atoms with van der Waals surface area (Å²) in [5.74, 6) is -0.900. The third-order valence-electron chi connectivity index (χ3n) is 3.59. The molecule has 1 amide bonds. The SMILES string of the molecule is CN=C/C(=C\N)c1nc(-c2cnn(C)c2)c(F)c2c1C(=O)NC2. The number of rotatable bonds is 3. The summed E-state index contributed by atoms with van der Waals surface area (Å²) < 4.78 is 16.4. The van der Waals surface area contributed by atoms with Gasteiger partial charge in [0.2, 0.25) is 0 Å². The zero-order chi connectivity index (χ0) is 16.6. The maximum atomic E-state index is 14.8. The maximum Gasteiger partial charge on any atom is 0.254 e. The number of pyridine rings is 1. The van der Waals surface area contributed by atoms with Gasteiger partial charge in [0.1, 0.15) is 5.69 Å². The summed E-state index contributed by atoms with van der Waals surface area (Å²) in [4.78, 5) is 20.3. The predicted octanol–water partition coefficient (Wildman–Crippen LogP) is 0.865. The lowest BCUT2D eigenvalue weighted by molar-refractivity contribution is 0.0965. The molecule has 0 spiro atoms. The average Bonchev–Trinajstić information content (AvgIpc) is 3.13. The zero-order valence-electron chi connectivity index (χ0n) is 12.7. The Morgan fingerprint density at radius 2 is 2.35 bits per heavy atom. The summed E-state index contributed by atoms with van der Waals surface area (Å²) >= 11 is 0. The molecule has 1 aliphatic heterocycles. The van der Waals surface area contributed by atoms with Crippen molar-refractivity contribution >= 4 is 17.7 Å². The Balaban J connectivity index is 2.31. The van der Waals surface area contributed by atoms with Gasteiger partial charge < -0.3 is 11.1 Å². The molecule has 0 fully saturated rings. The summed E-state index contributed by atoms with van der Waals surface area (Å²) in [5.41, 5.74) is 7.52. The summed E-state index contributed by atoms with van der Waals surface area (Å²) in [5, 5.41) is 6.65. The minimum atomic E-state index is -0.528. The number of amides is 1. The average molecular weight is 314 g/mol. The first-order valence-electron chi connectivity index (χ1n) is 6.90. The molecule has 0 aliphatic carbocycles. The molecule has 0 radical (unpaired) electrons. The van der Waals surface area contributed by atoms with Gasteiger partial charge >= 0.3 is 0 Å². The number of aryl methyl sites for hydroxylation is 1. The molecule has 0 saturated carbocycles. The van der Waals surface area contributed by atoms with Gasteiger partial charge in [0.05, 0.1) is 17.5 Å². The third kappa shape index (κ3) is 2.37. The number of nitrogens with two attached hydrogens (primary N) is 1. The number of carbonyl (C=O) groups excluding carboxylic acids is 1. The van der Waals surface area contributed by atoms with Crippen molar-refractivity contribution in [3.8, 4) is 11.3 Å². The Kier molecular flexibility index (Phi) is 3.65. The molecule has 8 heteroatoms. The second-order valence-electron chi connectivity index (χ2n) is 5.07. The van der Waals surface area contributed by atoms with Crippen LogP contribution < -0.4 is 11.1 Å². The van der Waals surface area contributed by atoms with E-state index in [0.717, 1.165) is 0 Å². The van der Waals surface area contributed by atoms with Crippen LogP contribution in [0.2, 0.25) is 0 Å². The van der Waals surface area contributed by atoms with E-state index in [1.165, 1.54) is 18.6 Å². The Bertz CT molecular complexity index is 852. The van der Waals surface area contributed by atoms with E-state index >= 15 is 0 Å². The van der Waals surface area contributed by atoms with Crippen LogP contribution in [0.25, 0.3) is 16.8 Å². The van der Waals surface area contributed by atoms with Crippen LogP contribution in [0.4, 0.5) is 4.39 Å². The predicted molar refractivity (Wildman–Crippen MR) is 84.1 cm³/mol. The second kappa shape index (κ2) is 5.64. The zero-order valence-corrected chi connectivity index (χ0v) is 12.7. The number of hydrogen-bond donors (Lipinski definition) is 2. The molecular weight excluding hydrogens is 299 g/mol. The van der Waals surface area contributed by atoms with Crippen molar-refractivity contribution in [1.29, 1.82) is 0 Å². The van der Waals surface area contributed by atoms with Crippen LogP contribution in [-0.2, 0) is 13.6 Å². The van der Waals surface area contributed by atoms with Crippen LogP contribution in [0.15, 0.2) is 23.6 Å². The van der Waals surface area contributed by atoms with E-state index in [2.05, 4.69) is 20.4 Å². The molecule has 0 atom stereocenters. The molecule has 3 rings (SSSR count). The number of fused-ring (bicyclic) bond motifs is 1. The number of nitrogens with zero attached hydrogens (tertiary/aromatic N) is 4. The first-order valence-corrected chi connectivity index (χ1v) is 6.90. The fourth-order valence-electron chi connectivity index (χ4n) is 2.55. The molecule has 2 aromatic heterocycles. The second-order valence-corrected chi connectivity index (χ2v) is 5.07. The van der Waals surface area contributed by atoms with Gasteiger partial charge in [0.15, 0.2) is 5.82 Å². The van der Waals surface area contributed by atoms with Crippen molar-refractivity contribution in [1.82, 2.24) is 20.1 Å². The normalized spacial score (nSPS) is 14.4. The van der Waals surface area contributed by atoms with Crippen LogP contribution in [-0.4, -0.2) is 33.9 Å². The lowest BCUT2D eigenvalue weighted by Gasteiger charge is -2.10. The summed E-state index contributed by atoms with van der Waals surface area (Å²) in [6.45, 7) is 0.115. The van der Waals surface area contributed by atoms with Gasteiger partial charge in [-0.1, -0.05) is 0 Å². The van der Waals surface area contributed by atoms with Gasteiger partial charge in [-0.2, -0.15) is 5.10 Å². The van der Waals surface area contributed by atoms with Crippen molar-refractivity contribution in [3.63, 3.8) is 0 Å². The van der Waals surface area contributed by atoms with Gasteiger partial charge in [-0.25, -0.2) is 9.37 Å². The number of allylic oxidation sites excluding steroid dienone is 1. The van der Waals surface area contributed by atoms with E-state index in [1.807, 2.05) is 0 Å². The van der Waals surface area contributed by atoms with Gasteiger partial charge in [-0.3, -0.25) is 14.5 Å². The molecule has 2 aromatic rings. The van der Waals surface area contributed by atoms with E-state index < -0.39 is 5.82 Å². The lowest BCUT2D eigenvalue weighted by Crippen LogP contribution is -2.14. The van der Waals surface area contributed by atoms with Crippen LogP contribution in [0.1, 0.15) is 21.6 Å². The Labute approximate surface area is 131 Å². The minimum Gasteiger partial charge on any atom is -0.404 e. The molecule has 0 unspecified atom stereocenters. The van der Waals surface area contributed by atoms with Gasteiger partial charge in [-0.15, -0.1) is 0 Å². The van der Waals surface area contributed by atoms with Crippen molar-refractivity contribution in [3.05, 3.63) is 41.2 Å². The molecule has 1 aliphatic rings. The highest BCUT2D eigenvalue weighted by Crippen LogP contribution is 2.31. The van der Waals surface area contributed by atoms with Crippen molar-refractivity contribution < 1.29 is 9.18 Å². The number of nitrogens with one attached hydrogen (secondary N) is 1. The molecule has 7 nitrogen and oxygen atoms in total. The topological polar surface area (TPSA) is 98.2 Å². The third-order valence-corrected chi connectivity index (χ3v) is 3.59. The smallest absolute Gasteiger partial charge is 0.254 e. The van der Waals surface area contributed by atoms with Crippen molar-refractivity contribution in [2.45, 2.75) is 6.54 Å². The van der Waals surface area contributed by atoms with Crippen molar-refractivity contribution in [2.24, 2.45) is 17.8 Å². The van der Waals surface area contributed by atoms with E-state index in [9.17, 15) is 9.18 Å². The quantitative estimate of drug-likeness (QED) is 0.821. The molecule has 118 valence electrons. The first-order chi connectivity index (χ1) is 11.1. The number of hydrogen-bond acceptors (Lipinski definition) is 5. The van der Waals surface area contributed by atoms with Crippen LogP contribution in [0, 0.1) is 5.82 Å². The highest BCUT2D eigenvalue weighted by Gasteiger charge is 2.31. The molecular formula is C15H15FN6O. The molecule has 0 aromatic carbocycles. The summed E-state index contributed by atoms with van der Waals surface area (Å²) in [6.07, 6.45) is 5.96. The molecule has 3 heterocycles. The number of carbonyl (C=O) groups is 1. The maximum absolute atomic E-state index is 14.8. The first kappa shape index (κ1) is 14.9. The Morgan fingerprint density at radius 1 is 1.57 bits per heavy atom. The number of halogens is 1. The van der Waals surface area contributed by atoms with Crippen LogP contribution >= 0.6 is 0 Å². The Morgan fingerprint density at radius 3 is 2.96 bits per heavy atom. The lowest BCUT2D eigenvalue weighted by atomic mass is 10.0. The summed E-state index contributed by atoms with van der Waals surface area (Å²) in [7, 11) is 3.31. The van der Waals surface area contributed by atoms with Gasteiger partial charge in [0, 0.05) is 56.0 Å². The fourth-order valence-corrected chi connectivity index (χ4v) is 2.55. The van der Waals surface area contributed by atoms with Gasteiger partial charge in [-0.05, 0) is 0 Å². The highest BCUT2D eigenvalue weighted by molar-refractivity contribution is 6.14. The standard InChI is InChI=1S/C15H15FN6O/c1-18-4-8(3-17)13-11-10(6-19-15(11)23)12(16)14(21-13)9-5-20-22(2)7-9/h3-5,7H,6,17H2,1-2H3,(H,19,23)/b8-3+,18-4?. The van der Waals surface area contributed by atoms with E-state index in [1.54, 1.807) is 25.0 Å². The largest absolute Gasteiger partial charge is 0.404 e.